The van der Waals surface area contributed by atoms with E-state index in [9.17, 15) is 0 Å². The van der Waals surface area contributed by atoms with Crippen molar-refractivity contribution in [3.8, 4) is 0 Å². The molecule has 2 rings (SSSR count). The third-order valence-corrected chi connectivity index (χ3v) is 3.83. The highest BCUT2D eigenvalue weighted by molar-refractivity contribution is 5.02. The van der Waals surface area contributed by atoms with Gasteiger partial charge in [-0.25, -0.2) is 0 Å². The van der Waals surface area contributed by atoms with Crippen LogP contribution in [-0.4, -0.2) is 0 Å². The third kappa shape index (κ3) is 1.13. The third-order valence-electron chi connectivity index (χ3n) is 3.83. The Bertz CT molecular complexity index is 161. The Morgan fingerprint density at radius 2 is 1.91 bits per heavy atom. The first-order chi connectivity index (χ1) is 5.33. The fourth-order valence-electron chi connectivity index (χ4n) is 2.85. The Balaban J connectivity index is 2.15. The van der Waals surface area contributed by atoms with Crippen molar-refractivity contribution in [2.75, 3.05) is 0 Å². The van der Waals surface area contributed by atoms with E-state index >= 15 is 0 Å². The van der Waals surface area contributed by atoms with Gasteiger partial charge in [0.15, 0.2) is 0 Å². The zero-order chi connectivity index (χ0) is 7.73. The predicted octanol–water partition coefficient (Wildman–Crippen LogP) is 3.53. The van der Waals surface area contributed by atoms with E-state index < -0.39 is 0 Å². The summed E-state index contributed by atoms with van der Waals surface area (Å²) in [6.07, 6.45) is 13.4. The zero-order valence-corrected chi connectivity index (χ0v) is 7.47. The lowest BCUT2D eigenvalue weighted by atomic mass is 9.68. The van der Waals surface area contributed by atoms with Crippen LogP contribution in [0.4, 0.5) is 0 Å². The quantitative estimate of drug-likeness (QED) is 0.463. The first-order valence-electron chi connectivity index (χ1n) is 4.98. The lowest BCUT2D eigenvalue weighted by Gasteiger charge is -2.36. The molecule has 1 atom stereocenters. The lowest BCUT2D eigenvalue weighted by molar-refractivity contribution is 0.176. The van der Waals surface area contributed by atoms with Crippen molar-refractivity contribution in [3.05, 3.63) is 12.2 Å². The van der Waals surface area contributed by atoms with Crippen molar-refractivity contribution in [1.29, 1.82) is 0 Å². The van der Waals surface area contributed by atoms with Gasteiger partial charge in [0, 0.05) is 0 Å². The van der Waals surface area contributed by atoms with E-state index in [1.54, 1.807) is 0 Å². The number of allylic oxidation sites excluding steroid dienone is 2. The van der Waals surface area contributed by atoms with E-state index in [1.165, 1.54) is 38.5 Å². The molecule has 0 aromatic rings. The summed E-state index contributed by atoms with van der Waals surface area (Å²) >= 11 is 0. The lowest BCUT2D eigenvalue weighted by Crippen LogP contribution is -2.26. The fraction of sp³-hybridized carbons (Fsp3) is 0.818. The van der Waals surface area contributed by atoms with E-state index in [1.807, 2.05) is 0 Å². The first kappa shape index (κ1) is 7.39. The van der Waals surface area contributed by atoms with E-state index in [2.05, 4.69) is 19.1 Å². The van der Waals surface area contributed by atoms with E-state index in [0.29, 0.717) is 0 Å². The standard InChI is InChI=1S/C11H18/c1-10-6-2-3-7-11(10)8-4-5-9-11/h2-3,10H,4-9H2,1H3. The maximum atomic E-state index is 2.44. The number of rotatable bonds is 0. The summed E-state index contributed by atoms with van der Waals surface area (Å²) in [5, 5.41) is 0. The van der Waals surface area contributed by atoms with Crippen molar-refractivity contribution in [2.24, 2.45) is 11.3 Å². The van der Waals surface area contributed by atoms with Crippen molar-refractivity contribution in [1.82, 2.24) is 0 Å². The van der Waals surface area contributed by atoms with E-state index in [0.717, 1.165) is 11.3 Å². The molecule has 2 aliphatic rings. The van der Waals surface area contributed by atoms with Crippen molar-refractivity contribution in [2.45, 2.75) is 45.4 Å². The van der Waals surface area contributed by atoms with Crippen molar-refractivity contribution in [3.63, 3.8) is 0 Å². The van der Waals surface area contributed by atoms with Gasteiger partial charge in [-0.1, -0.05) is 31.9 Å². The van der Waals surface area contributed by atoms with E-state index in [-0.39, 0.29) is 0 Å². The molecule has 0 N–H and O–H groups in total. The van der Waals surface area contributed by atoms with Gasteiger partial charge in [0.25, 0.3) is 0 Å². The minimum atomic E-state index is 0.745. The molecule has 1 saturated carbocycles. The van der Waals surface area contributed by atoms with Gasteiger partial charge >= 0.3 is 0 Å². The van der Waals surface area contributed by atoms with Gasteiger partial charge in [0.05, 0.1) is 0 Å². The molecule has 0 aliphatic heterocycles. The Labute approximate surface area is 69.7 Å². The van der Waals surface area contributed by atoms with Gasteiger partial charge in [-0.2, -0.15) is 0 Å². The molecule has 11 heavy (non-hydrogen) atoms. The first-order valence-corrected chi connectivity index (χ1v) is 4.98. The Kier molecular flexibility index (Phi) is 1.78. The molecule has 0 bridgehead atoms. The Hall–Kier alpha value is -0.260. The van der Waals surface area contributed by atoms with Crippen molar-refractivity contribution >= 4 is 0 Å². The molecular weight excluding hydrogens is 132 g/mol. The summed E-state index contributed by atoms with van der Waals surface area (Å²) < 4.78 is 0. The Morgan fingerprint density at radius 3 is 2.55 bits per heavy atom. The van der Waals surface area contributed by atoms with Gasteiger partial charge in [-0.3, -0.25) is 0 Å². The monoisotopic (exact) mass is 150 g/mol. The molecule has 0 aromatic carbocycles. The molecule has 62 valence electrons. The average Bonchev–Trinajstić information content (AvgIpc) is 2.46. The maximum Gasteiger partial charge on any atom is -0.0234 e. The van der Waals surface area contributed by atoms with Crippen LogP contribution in [0.3, 0.4) is 0 Å². The molecule has 0 saturated heterocycles. The zero-order valence-electron chi connectivity index (χ0n) is 7.47. The molecule has 0 aromatic heterocycles. The molecular formula is C11H18. The number of hydrogen-bond acceptors (Lipinski definition) is 0. The van der Waals surface area contributed by atoms with Crippen LogP contribution in [0.1, 0.15) is 45.4 Å². The van der Waals surface area contributed by atoms with Crippen LogP contribution in [0.15, 0.2) is 12.2 Å². The fourth-order valence-corrected chi connectivity index (χ4v) is 2.85. The summed E-state index contributed by atoms with van der Waals surface area (Å²) in [5.41, 5.74) is 0.745. The molecule has 0 nitrogen and oxygen atoms in total. The van der Waals surface area contributed by atoms with Gasteiger partial charge in [-0.05, 0) is 37.0 Å². The normalized spacial score (nSPS) is 34.8. The van der Waals surface area contributed by atoms with Crippen LogP contribution in [0.5, 0.6) is 0 Å². The average molecular weight is 150 g/mol. The van der Waals surface area contributed by atoms with E-state index in [4.69, 9.17) is 0 Å². The second-order valence-electron chi connectivity index (χ2n) is 4.38. The molecule has 0 heterocycles. The van der Waals surface area contributed by atoms with Gasteiger partial charge in [-0.15, -0.1) is 0 Å². The summed E-state index contributed by atoms with van der Waals surface area (Å²) in [6.45, 7) is 2.44. The van der Waals surface area contributed by atoms with Crippen LogP contribution in [0.2, 0.25) is 0 Å². The minimum Gasteiger partial charge on any atom is -0.0882 e. The molecule has 1 spiro atoms. The summed E-state index contributed by atoms with van der Waals surface area (Å²) in [5.74, 6) is 0.954. The molecule has 0 radical (unpaired) electrons. The smallest absolute Gasteiger partial charge is 0.0234 e. The second-order valence-corrected chi connectivity index (χ2v) is 4.38. The topological polar surface area (TPSA) is 0 Å². The van der Waals surface area contributed by atoms with Gasteiger partial charge in [0.2, 0.25) is 0 Å². The highest BCUT2D eigenvalue weighted by atomic mass is 14.4. The highest BCUT2D eigenvalue weighted by Crippen LogP contribution is 2.50. The molecule has 0 heteroatoms. The Morgan fingerprint density at radius 1 is 1.18 bits per heavy atom. The summed E-state index contributed by atoms with van der Waals surface area (Å²) in [7, 11) is 0. The van der Waals surface area contributed by atoms with Crippen LogP contribution < -0.4 is 0 Å². The van der Waals surface area contributed by atoms with Gasteiger partial charge < -0.3 is 0 Å². The molecule has 1 fully saturated rings. The SMILES string of the molecule is CC1CC=CCC12CCCC2. The summed E-state index contributed by atoms with van der Waals surface area (Å²) in [4.78, 5) is 0. The van der Waals surface area contributed by atoms with Crippen molar-refractivity contribution < 1.29 is 0 Å². The largest absolute Gasteiger partial charge is 0.0882 e. The maximum absolute atomic E-state index is 2.44. The van der Waals surface area contributed by atoms with Crippen LogP contribution in [0, 0.1) is 11.3 Å². The highest BCUT2D eigenvalue weighted by Gasteiger charge is 2.38. The molecule has 0 amide bonds. The molecule has 1 unspecified atom stereocenters. The minimum absolute atomic E-state index is 0.745. The van der Waals surface area contributed by atoms with Crippen LogP contribution >= 0.6 is 0 Å². The van der Waals surface area contributed by atoms with Crippen LogP contribution in [-0.2, 0) is 0 Å². The van der Waals surface area contributed by atoms with Gasteiger partial charge in [0.1, 0.15) is 0 Å². The van der Waals surface area contributed by atoms with Crippen LogP contribution in [0.25, 0.3) is 0 Å². The second kappa shape index (κ2) is 2.66. The molecule has 2 aliphatic carbocycles. The predicted molar refractivity (Wildman–Crippen MR) is 48.4 cm³/mol. The summed E-state index contributed by atoms with van der Waals surface area (Å²) in [6, 6.07) is 0. The number of hydrogen-bond donors (Lipinski definition) is 0.